The summed E-state index contributed by atoms with van der Waals surface area (Å²) in [5.41, 5.74) is -0.588. The first-order chi connectivity index (χ1) is 18.3. The van der Waals surface area contributed by atoms with E-state index in [0.717, 1.165) is 10.6 Å². The molecule has 0 amide bonds. The number of hydrogen-bond donors (Lipinski definition) is 2. The number of hydrogen-bond acceptors (Lipinski definition) is 7. The normalized spacial score (nSPS) is 16.2. The Bertz CT molecular complexity index is 1610. The van der Waals surface area contributed by atoms with Crippen molar-refractivity contribution < 1.29 is 19.0 Å². The van der Waals surface area contributed by atoms with Crippen LogP contribution < -0.4 is 21.4 Å². The number of nitrogens with one attached hydrogen (secondary N) is 1. The molecule has 1 aliphatic rings. The summed E-state index contributed by atoms with van der Waals surface area (Å²) in [5, 5.41) is 12.6. The molecule has 0 bridgehead atoms. The van der Waals surface area contributed by atoms with Crippen LogP contribution in [0.3, 0.4) is 0 Å². The Balaban J connectivity index is 1.47. The lowest BCUT2D eigenvalue weighted by molar-refractivity contribution is -0.138. The van der Waals surface area contributed by atoms with E-state index in [1.165, 1.54) is 22.9 Å². The smallest absolute Gasteiger partial charge is 0.354 e. The highest BCUT2D eigenvalue weighted by atomic mass is 35.5. The highest BCUT2D eigenvalue weighted by molar-refractivity contribution is 6.30. The average molecular weight is 538 g/mol. The molecule has 2 aromatic carbocycles. The first kappa shape index (κ1) is 25.2. The minimum Gasteiger partial charge on any atom is -0.481 e. The van der Waals surface area contributed by atoms with Crippen molar-refractivity contribution in [3.63, 3.8) is 0 Å². The number of rotatable bonds is 9. The topological polar surface area (TPSA) is 128 Å². The van der Waals surface area contributed by atoms with Gasteiger partial charge in [-0.1, -0.05) is 29.8 Å². The first-order valence-electron chi connectivity index (χ1n) is 11.6. The fourth-order valence-electron chi connectivity index (χ4n) is 3.99. The van der Waals surface area contributed by atoms with Crippen LogP contribution in [0.4, 0.5) is 16.0 Å². The number of anilines is 2. The number of nitrogens with zero attached hydrogens (tertiary/aromatic N) is 4. The average Bonchev–Trinajstić information content (AvgIpc) is 3.67. The minimum absolute atomic E-state index is 0.0298. The highest BCUT2D eigenvalue weighted by Gasteiger charge is 2.43. The quantitative estimate of drug-likeness (QED) is 0.329. The van der Waals surface area contributed by atoms with Crippen LogP contribution in [-0.2, 0) is 17.9 Å². The second-order valence-corrected chi connectivity index (χ2v) is 9.24. The lowest BCUT2D eigenvalue weighted by Gasteiger charge is -2.16. The molecule has 5 rings (SSSR count). The maximum Gasteiger partial charge on any atom is 0.354 e. The Morgan fingerprint density at radius 2 is 1.92 bits per heavy atom. The van der Waals surface area contributed by atoms with Gasteiger partial charge in [0.2, 0.25) is 11.8 Å². The van der Waals surface area contributed by atoms with Gasteiger partial charge in [-0.3, -0.25) is 9.36 Å². The van der Waals surface area contributed by atoms with Gasteiger partial charge < -0.3 is 15.2 Å². The van der Waals surface area contributed by atoms with Crippen molar-refractivity contribution in [3.05, 3.63) is 104 Å². The van der Waals surface area contributed by atoms with Gasteiger partial charge in [0, 0.05) is 35.6 Å². The molecule has 0 spiro atoms. The van der Waals surface area contributed by atoms with Crippen LogP contribution in [-0.4, -0.2) is 30.2 Å². The van der Waals surface area contributed by atoms with Crippen LogP contribution in [0.25, 0.3) is 0 Å². The second-order valence-electron chi connectivity index (χ2n) is 8.80. The van der Waals surface area contributed by atoms with Crippen LogP contribution in [0.1, 0.15) is 12.0 Å². The summed E-state index contributed by atoms with van der Waals surface area (Å²) in [5.74, 6) is -2.54. The van der Waals surface area contributed by atoms with E-state index >= 15 is 0 Å². The number of benzene rings is 2. The van der Waals surface area contributed by atoms with E-state index in [1.54, 1.807) is 42.5 Å². The SMILES string of the molecule is O=C(O)[C@@H]1C[C@@H]1Cn1c(=O)nc(Nc2ccc(Oc3ccccn3)c(F)c2)n(Cc2ccc(Cl)cc2)c1=O. The number of ether oxygens (including phenoxy) is 1. The zero-order chi connectivity index (χ0) is 26.8. The van der Waals surface area contributed by atoms with Crippen LogP contribution in [0.2, 0.25) is 5.02 Å². The van der Waals surface area contributed by atoms with E-state index in [1.807, 2.05) is 0 Å². The maximum absolute atomic E-state index is 14.8. The van der Waals surface area contributed by atoms with Gasteiger partial charge in [0.05, 0.1) is 12.5 Å². The van der Waals surface area contributed by atoms with E-state index in [-0.39, 0.29) is 42.3 Å². The molecule has 0 saturated heterocycles. The molecule has 0 aliphatic heterocycles. The molecule has 4 aromatic rings. The summed E-state index contributed by atoms with van der Waals surface area (Å²) in [6.07, 6.45) is 1.90. The molecule has 2 N–H and O–H groups in total. The van der Waals surface area contributed by atoms with E-state index in [9.17, 15) is 23.9 Å². The van der Waals surface area contributed by atoms with E-state index in [2.05, 4.69) is 15.3 Å². The van der Waals surface area contributed by atoms with Gasteiger partial charge >= 0.3 is 17.3 Å². The summed E-state index contributed by atoms with van der Waals surface area (Å²) in [7, 11) is 0. The lowest BCUT2D eigenvalue weighted by Crippen LogP contribution is -2.43. The standard InChI is InChI=1S/C26H21ClFN5O5/c27-17-6-4-15(5-7-17)13-32-24(31-25(36)33(26(32)37)14-16-11-19(16)23(34)35)30-18-8-9-21(20(28)12-18)38-22-3-1-2-10-29-22/h1-10,12,16,19H,11,13-14H2,(H,34,35)(H,30,31,36)/t16-,19-/m1/s1. The van der Waals surface area contributed by atoms with Crippen LogP contribution in [0.15, 0.2) is 76.4 Å². The summed E-state index contributed by atoms with van der Waals surface area (Å²) in [4.78, 5) is 45.5. The highest BCUT2D eigenvalue weighted by Crippen LogP contribution is 2.39. The van der Waals surface area contributed by atoms with E-state index in [0.29, 0.717) is 17.0 Å². The fraction of sp³-hybridized carbons (Fsp3) is 0.192. The number of pyridine rings is 1. The van der Waals surface area contributed by atoms with Gasteiger partial charge in [-0.15, -0.1) is 0 Å². The molecule has 1 aliphatic carbocycles. The molecular weight excluding hydrogens is 517 g/mol. The van der Waals surface area contributed by atoms with Crippen molar-refractivity contribution in [1.82, 2.24) is 19.1 Å². The molecule has 1 saturated carbocycles. The number of halogens is 2. The van der Waals surface area contributed by atoms with Crippen LogP contribution >= 0.6 is 11.6 Å². The summed E-state index contributed by atoms with van der Waals surface area (Å²) in [6, 6.07) is 15.8. The monoisotopic (exact) mass is 537 g/mol. The van der Waals surface area contributed by atoms with Gasteiger partial charge in [-0.25, -0.2) is 23.5 Å². The Labute approximate surface area is 219 Å². The third kappa shape index (κ3) is 5.57. The van der Waals surface area contributed by atoms with Gasteiger partial charge in [0.1, 0.15) is 0 Å². The lowest BCUT2D eigenvalue weighted by atomic mass is 10.2. The summed E-state index contributed by atoms with van der Waals surface area (Å²) < 4.78 is 22.4. The molecule has 2 atom stereocenters. The molecule has 194 valence electrons. The third-order valence-electron chi connectivity index (χ3n) is 6.10. The molecule has 0 unspecified atom stereocenters. The number of carboxylic acid groups (broad SMARTS) is 1. The zero-order valence-electron chi connectivity index (χ0n) is 19.8. The second kappa shape index (κ2) is 10.5. The van der Waals surface area contributed by atoms with E-state index in [4.69, 9.17) is 16.3 Å². The Morgan fingerprint density at radius 3 is 2.58 bits per heavy atom. The van der Waals surface area contributed by atoms with Crippen molar-refractivity contribution in [2.24, 2.45) is 11.8 Å². The van der Waals surface area contributed by atoms with Crippen molar-refractivity contribution in [2.45, 2.75) is 19.5 Å². The van der Waals surface area contributed by atoms with Gasteiger partial charge in [-0.2, -0.15) is 4.98 Å². The molecule has 38 heavy (non-hydrogen) atoms. The third-order valence-corrected chi connectivity index (χ3v) is 6.35. The van der Waals surface area contributed by atoms with Gasteiger partial charge in [0.15, 0.2) is 11.6 Å². The molecular formula is C26H21ClFN5O5. The Hall–Kier alpha value is -4.51. The molecule has 12 heteroatoms. The van der Waals surface area contributed by atoms with Crippen molar-refractivity contribution in [1.29, 1.82) is 0 Å². The number of aromatic nitrogens is 4. The summed E-state index contributed by atoms with van der Waals surface area (Å²) >= 11 is 5.98. The summed E-state index contributed by atoms with van der Waals surface area (Å²) in [6.45, 7) is -0.0291. The van der Waals surface area contributed by atoms with Crippen LogP contribution in [0, 0.1) is 17.7 Å². The van der Waals surface area contributed by atoms with E-state index < -0.39 is 29.1 Å². The minimum atomic E-state index is -0.965. The fourth-order valence-corrected chi connectivity index (χ4v) is 4.12. The molecule has 2 heterocycles. The van der Waals surface area contributed by atoms with Crippen molar-refractivity contribution >= 4 is 29.2 Å². The van der Waals surface area contributed by atoms with Crippen molar-refractivity contribution in [2.75, 3.05) is 5.32 Å². The number of carboxylic acids is 1. The van der Waals surface area contributed by atoms with Crippen molar-refractivity contribution in [3.8, 4) is 11.6 Å². The largest absolute Gasteiger partial charge is 0.481 e. The molecule has 10 nitrogen and oxygen atoms in total. The predicted octanol–water partition coefficient (Wildman–Crippen LogP) is 3.90. The molecule has 0 radical (unpaired) electrons. The predicted molar refractivity (Wildman–Crippen MR) is 137 cm³/mol. The number of aliphatic carboxylic acids is 1. The van der Waals surface area contributed by atoms with Crippen LogP contribution in [0.5, 0.6) is 11.6 Å². The molecule has 1 fully saturated rings. The zero-order valence-corrected chi connectivity index (χ0v) is 20.5. The van der Waals surface area contributed by atoms with Gasteiger partial charge in [-0.05, 0) is 48.2 Å². The van der Waals surface area contributed by atoms with Gasteiger partial charge in [0.25, 0.3) is 0 Å². The molecule has 2 aromatic heterocycles. The maximum atomic E-state index is 14.8. The Kier molecular flexibility index (Phi) is 6.93. The first-order valence-corrected chi connectivity index (χ1v) is 12.0. The Morgan fingerprint density at radius 1 is 1.13 bits per heavy atom. The number of carbonyl (C=O) groups is 1.